The highest BCUT2D eigenvalue weighted by molar-refractivity contribution is 5.86. The summed E-state index contributed by atoms with van der Waals surface area (Å²) in [5.74, 6) is 2.55. The topological polar surface area (TPSA) is 65.4 Å². The lowest BCUT2D eigenvalue weighted by atomic mass is 10.1. The van der Waals surface area contributed by atoms with E-state index in [1.54, 1.807) is 7.11 Å². The second-order valence-corrected chi connectivity index (χ2v) is 8.51. The third-order valence-corrected chi connectivity index (χ3v) is 5.94. The van der Waals surface area contributed by atoms with Crippen LogP contribution in [-0.4, -0.2) is 35.7 Å². The molecule has 0 aliphatic carbocycles. The van der Waals surface area contributed by atoms with E-state index in [0.717, 1.165) is 79.9 Å². The summed E-state index contributed by atoms with van der Waals surface area (Å²) in [5.41, 5.74) is 3.38. The number of nitrogens with zero attached hydrogens (tertiary/aromatic N) is 2. The molecule has 0 atom stereocenters. The van der Waals surface area contributed by atoms with Crippen LogP contribution in [0.2, 0.25) is 0 Å². The van der Waals surface area contributed by atoms with Crippen LogP contribution in [0.25, 0.3) is 11.0 Å². The van der Waals surface area contributed by atoms with Gasteiger partial charge in [0.15, 0.2) is 11.5 Å². The molecule has 0 unspecified atom stereocenters. The minimum absolute atomic E-state index is 0.112. The number of amides is 1. The van der Waals surface area contributed by atoms with Crippen LogP contribution >= 0.6 is 0 Å². The van der Waals surface area contributed by atoms with Crippen molar-refractivity contribution in [3.8, 4) is 11.5 Å². The highest BCUT2D eigenvalue weighted by Gasteiger charge is 2.11. The molecule has 0 fully saturated rings. The van der Waals surface area contributed by atoms with Crippen LogP contribution in [0.4, 0.5) is 0 Å². The van der Waals surface area contributed by atoms with Crippen LogP contribution in [0.3, 0.4) is 0 Å². The Hall–Kier alpha value is -3.54. The maximum absolute atomic E-state index is 11.2. The predicted molar refractivity (Wildman–Crippen MR) is 142 cm³/mol. The molecule has 1 amide bonds. The molecule has 1 aromatic heterocycles. The van der Waals surface area contributed by atoms with E-state index in [9.17, 15) is 4.79 Å². The van der Waals surface area contributed by atoms with Crippen molar-refractivity contribution in [1.29, 1.82) is 0 Å². The lowest BCUT2D eigenvalue weighted by Crippen LogP contribution is -2.21. The van der Waals surface area contributed by atoms with Gasteiger partial charge in [-0.15, -0.1) is 6.58 Å². The smallest absolute Gasteiger partial charge is 0.243 e. The largest absolute Gasteiger partial charge is 0.493 e. The van der Waals surface area contributed by atoms with E-state index in [-0.39, 0.29) is 5.91 Å². The lowest BCUT2D eigenvalue weighted by Gasteiger charge is -2.13. The molecule has 0 radical (unpaired) electrons. The number of imidazole rings is 1. The number of carbonyl (C=O) groups is 1. The zero-order chi connectivity index (χ0) is 24.9. The quantitative estimate of drug-likeness (QED) is 0.165. The molecule has 186 valence electrons. The maximum atomic E-state index is 11.2. The molecule has 1 heterocycles. The number of para-hydroxylation sites is 2. The minimum atomic E-state index is -0.112. The molecule has 3 rings (SSSR count). The fourth-order valence-corrected chi connectivity index (χ4v) is 4.11. The van der Waals surface area contributed by atoms with E-state index in [4.69, 9.17) is 14.5 Å². The molecule has 3 aromatic rings. The van der Waals surface area contributed by atoms with E-state index >= 15 is 0 Å². The third-order valence-electron chi connectivity index (χ3n) is 5.94. The Bertz CT molecular complexity index is 1120. The number of aromatic nitrogens is 2. The first kappa shape index (κ1) is 26.1. The highest BCUT2D eigenvalue weighted by atomic mass is 16.5. The summed E-state index contributed by atoms with van der Waals surface area (Å²) < 4.78 is 13.9. The molecule has 0 aliphatic heterocycles. The number of fused-ring (bicyclic) bond motifs is 1. The molecule has 0 aliphatic rings. The SMILES string of the molecule is C=CCc1ccc(OCCCCn2c(CCCCCNC(=O)C=C)nc3ccccc32)c(OC)c1. The lowest BCUT2D eigenvalue weighted by molar-refractivity contribution is -0.116. The van der Waals surface area contributed by atoms with Crippen molar-refractivity contribution in [1.82, 2.24) is 14.9 Å². The number of carbonyl (C=O) groups excluding carboxylic acids is 1. The van der Waals surface area contributed by atoms with Gasteiger partial charge in [-0.25, -0.2) is 4.98 Å². The first-order chi connectivity index (χ1) is 17.2. The van der Waals surface area contributed by atoms with E-state index < -0.39 is 0 Å². The number of benzene rings is 2. The monoisotopic (exact) mass is 475 g/mol. The van der Waals surface area contributed by atoms with Gasteiger partial charge in [0, 0.05) is 19.5 Å². The Kier molecular flexibility index (Phi) is 10.4. The first-order valence-corrected chi connectivity index (χ1v) is 12.4. The number of ether oxygens (including phenoxy) is 2. The normalized spacial score (nSPS) is 10.8. The van der Waals surface area contributed by atoms with Crippen LogP contribution in [0.15, 0.2) is 67.8 Å². The summed E-state index contributed by atoms with van der Waals surface area (Å²) in [6.45, 7) is 9.49. The molecule has 1 N–H and O–H groups in total. The molecular weight excluding hydrogens is 438 g/mol. The van der Waals surface area contributed by atoms with E-state index in [2.05, 4.69) is 47.3 Å². The average molecular weight is 476 g/mol. The van der Waals surface area contributed by atoms with Crippen molar-refractivity contribution in [2.45, 2.75) is 51.5 Å². The van der Waals surface area contributed by atoms with Gasteiger partial charge in [0.2, 0.25) is 5.91 Å². The van der Waals surface area contributed by atoms with Gasteiger partial charge in [-0.3, -0.25) is 4.79 Å². The van der Waals surface area contributed by atoms with Gasteiger partial charge < -0.3 is 19.4 Å². The molecule has 6 nitrogen and oxygen atoms in total. The number of hydrogen-bond acceptors (Lipinski definition) is 4. The summed E-state index contributed by atoms with van der Waals surface area (Å²) in [5, 5.41) is 2.83. The standard InChI is InChI=1S/C29H37N3O3/c1-4-13-23-17-18-26(27(22-23)34-3)35-21-12-11-20-32-25-15-9-8-14-24(25)31-28(32)16-7-6-10-19-30-29(33)5-2/h4-5,8-9,14-15,17-18,22H,1-2,6-7,10-13,16,19-21H2,3H3,(H,30,33). The van der Waals surface area contributed by atoms with Gasteiger partial charge in [-0.2, -0.15) is 0 Å². The van der Waals surface area contributed by atoms with Gasteiger partial charge in [0.05, 0.1) is 24.8 Å². The summed E-state index contributed by atoms with van der Waals surface area (Å²) >= 11 is 0. The molecule has 0 saturated carbocycles. The fourth-order valence-electron chi connectivity index (χ4n) is 4.11. The van der Waals surface area contributed by atoms with Gasteiger partial charge >= 0.3 is 0 Å². The Morgan fingerprint density at radius 3 is 2.71 bits per heavy atom. The second kappa shape index (κ2) is 14.0. The molecule has 0 saturated heterocycles. The summed E-state index contributed by atoms with van der Waals surface area (Å²) in [6.07, 6.45) is 9.90. The van der Waals surface area contributed by atoms with Crippen molar-refractivity contribution in [3.05, 3.63) is 79.2 Å². The number of unbranched alkanes of at least 4 members (excludes halogenated alkanes) is 3. The molecule has 2 aromatic carbocycles. The number of allylic oxidation sites excluding steroid dienone is 1. The Morgan fingerprint density at radius 2 is 1.91 bits per heavy atom. The third kappa shape index (κ3) is 7.74. The van der Waals surface area contributed by atoms with E-state index in [1.165, 1.54) is 11.6 Å². The van der Waals surface area contributed by atoms with Crippen LogP contribution in [0.1, 0.15) is 43.5 Å². The number of aryl methyl sites for hydroxylation is 2. The van der Waals surface area contributed by atoms with Crippen molar-refractivity contribution >= 4 is 16.9 Å². The van der Waals surface area contributed by atoms with Gasteiger partial charge in [0.25, 0.3) is 0 Å². The maximum Gasteiger partial charge on any atom is 0.243 e. The summed E-state index contributed by atoms with van der Waals surface area (Å²) in [6, 6.07) is 14.4. The van der Waals surface area contributed by atoms with Crippen molar-refractivity contribution in [3.63, 3.8) is 0 Å². The zero-order valence-electron chi connectivity index (χ0n) is 20.8. The number of hydrogen-bond donors (Lipinski definition) is 1. The average Bonchev–Trinajstić information content (AvgIpc) is 3.23. The van der Waals surface area contributed by atoms with Gasteiger partial charge in [-0.1, -0.05) is 37.3 Å². The second-order valence-electron chi connectivity index (χ2n) is 8.51. The summed E-state index contributed by atoms with van der Waals surface area (Å²) in [7, 11) is 1.67. The minimum Gasteiger partial charge on any atom is -0.493 e. The Balaban J connectivity index is 1.50. The molecule has 0 spiro atoms. The molecular formula is C29H37N3O3. The predicted octanol–water partition coefficient (Wildman–Crippen LogP) is 5.65. The molecule has 35 heavy (non-hydrogen) atoms. The van der Waals surface area contributed by atoms with E-state index in [1.807, 2.05) is 24.3 Å². The van der Waals surface area contributed by atoms with Crippen molar-refractivity contribution in [2.75, 3.05) is 20.3 Å². The number of methoxy groups -OCH3 is 1. The van der Waals surface area contributed by atoms with Crippen LogP contribution in [0.5, 0.6) is 11.5 Å². The summed E-state index contributed by atoms with van der Waals surface area (Å²) in [4.78, 5) is 16.1. The van der Waals surface area contributed by atoms with E-state index in [0.29, 0.717) is 13.2 Å². The molecule has 0 bridgehead atoms. The Morgan fingerprint density at radius 1 is 1.06 bits per heavy atom. The first-order valence-electron chi connectivity index (χ1n) is 12.4. The fraction of sp³-hybridized carbons (Fsp3) is 0.379. The van der Waals surface area contributed by atoms with Crippen LogP contribution in [0, 0.1) is 0 Å². The Labute approximate surface area is 208 Å². The highest BCUT2D eigenvalue weighted by Crippen LogP contribution is 2.28. The number of nitrogens with one attached hydrogen (secondary N) is 1. The number of rotatable bonds is 16. The van der Waals surface area contributed by atoms with Crippen LogP contribution in [-0.2, 0) is 24.2 Å². The van der Waals surface area contributed by atoms with Gasteiger partial charge in [-0.05, 0) is 68.0 Å². The van der Waals surface area contributed by atoms with Crippen molar-refractivity contribution in [2.24, 2.45) is 0 Å². The zero-order valence-corrected chi connectivity index (χ0v) is 20.8. The van der Waals surface area contributed by atoms with Crippen molar-refractivity contribution < 1.29 is 14.3 Å². The van der Waals surface area contributed by atoms with Crippen LogP contribution < -0.4 is 14.8 Å². The van der Waals surface area contributed by atoms with Gasteiger partial charge in [0.1, 0.15) is 5.82 Å². The molecule has 6 heteroatoms.